The molecule has 3 N–H and O–H groups in total. The van der Waals surface area contributed by atoms with Gasteiger partial charge in [-0.05, 0) is 31.9 Å². The number of methoxy groups -OCH3 is 1. The Hall–Kier alpha value is -0.670. The van der Waals surface area contributed by atoms with Crippen molar-refractivity contribution >= 4 is 10.1 Å². The van der Waals surface area contributed by atoms with E-state index in [1.165, 1.54) is 88.4 Å². The summed E-state index contributed by atoms with van der Waals surface area (Å²) in [6, 6.07) is 5.78. The summed E-state index contributed by atoms with van der Waals surface area (Å²) in [6.07, 6.45) is 3.25. The number of aliphatic hydroxyl groups is 3. The number of aliphatic hydroxyl groups excluding tert-OH is 3. The maximum Gasteiger partial charge on any atom is 0.186 e. The van der Waals surface area contributed by atoms with Crippen molar-refractivity contribution in [2.24, 2.45) is 0 Å². The lowest BCUT2D eigenvalue weighted by molar-refractivity contribution is -1.08. The van der Waals surface area contributed by atoms with Crippen LogP contribution in [0, 0.1) is 6.92 Å². The predicted molar refractivity (Wildman–Crippen MR) is 146 cm³/mol. The van der Waals surface area contributed by atoms with Crippen LogP contribution in [0.25, 0.3) is 0 Å². The average Bonchev–Trinajstić information content (AvgIpc) is 2.92. The summed E-state index contributed by atoms with van der Waals surface area (Å²) < 4.78 is 44.4. The molecule has 1 aromatic rings. The summed E-state index contributed by atoms with van der Waals surface area (Å²) in [6.45, 7) is 13.0. The van der Waals surface area contributed by atoms with Gasteiger partial charge in [-0.1, -0.05) is 50.3 Å². The highest BCUT2D eigenvalue weighted by atomic mass is 79.9. The molecular weight excluding hydrogens is 604 g/mol. The number of benzene rings is 1. The largest absolute Gasteiger partial charge is 1.00 e. The van der Waals surface area contributed by atoms with E-state index in [0.717, 1.165) is 29.7 Å². The fourth-order valence-corrected chi connectivity index (χ4v) is 6.60. The van der Waals surface area contributed by atoms with E-state index in [1.807, 2.05) is 6.92 Å². The van der Waals surface area contributed by atoms with Crippen molar-refractivity contribution in [1.29, 1.82) is 0 Å². The van der Waals surface area contributed by atoms with Crippen LogP contribution in [-0.4, -0.2) is 127 Å². The normalized spacial score (nSPS) is 33.5. The topological polar surface area (TPSA) is 136 Å². The number of aryl methyl sites for hydroxylation is 1. The zero-order valence-corrected chi connectivity index (χ0v) is 26.6. The Kier molecular flexibility index (Phi) is 13.9. The highest BCUT2D eigenvalue weighted by molar-refractivity contribution is 7.85. The average molecular weight is 654 g/mol. The number of hydrogen-bond donors (Lipinski definition) is 3. The van der Waals surface area contributed by atoms with Gasteiger partial charge in [0.25, 0.3) is 0 Å². The van der Waals surface area contributed by atoms with Crippen LogP contribution >= 0.6 is 0 Å². The van der Waals surface area contributed by atoms with Gasteiger partial charge in [0, 0.05) is 7.11 Å². The van der Waals surface area contributed by atoms with Crippen LogP contribution in [0.4, 0.5) is 0 Å². The van der Waals surface area contributed by atoms with Gasteiger partial charge < -0.3 is 55.3 Å². The Balaban J connectivity index is 0.000000394. The van der Waals surface area contributed by atoms with Crippen LogP contribution in [0.3, 0.4) is 0 Å². The summed E-state index contributed by atoms with van der Waals surface area (Å²) in [7, 11) is -2.81. The molecule has 0 radical (unpaired) electrons. The van der Waals surface area contributed by atoms with Gasteiger partial charge >= 0.3 is 0 Å². The van der Waals surface area contributed by atoms with Crippen molar-refractivity contribution in [3.8, 4) is 0 Å². The molecule has 5 rings (SSSR count). The Labute approximate surface area is 250 Å². The molecule has 232 valence electrons. The van der Waals surface area contributed by atoms with Gasteiger partial charge in [0.1, 0.15) is 80.3 Å². The second-order valence-electron chi connectivity index (χ2n) is 11.7. The van der Waals surface area contributed by atoms with E-state index in [-0.39, 0.29) is 21.9 Å². The molecule has 1 aromatic carbocycles. The monoisotopic (exact) mass is 652 g/mol. The molecule has 4 aliphatic heterocycles. The zero-order chi connectivity index (χ0) is 28.7. The highest BCUT2D eigenvalue weighted by Gasteiger charge is 2.53. The number of hydrogen-bond acceptors (Lipinski definition) is 8. The molecule has 4 aliphatic rings. The van der Waals surface area contributed by atoms with Crippen molar-refractivity contribution in [3.05, 3.63) is 29.8 Å². The van der Waals surface area contributed by atoms with Crippen molar-refractivity contribution in [2.45, 2.75) is 88.0 Å². The molecule has 2 bridgehead atoms. The second-order valence-corrected chi connectivity index (χ2v) is 13.1. The fraction of sp³-hybridized carbons (Fsp3) is 0.786. The van der Waals surface area contributed by atoms with E-state index in [9.17, 15) is 28.3 Å². The van der Waals surface area contributed by atoms with E-state index in [2.05, 4.69) is 6.92 Å². The molecule has 0 aromatic heterocycles. The van der Waals surface area contributed by atoms with Crippen LogP contribution in [0.5, 0.6) is 0 Å². The number of ether oxygens (including phenoxy) is 2. The van der Waals surface area contributed by atoms with Gasteiger partial charge in [-0.3, -0.25) is 0 Å². The number of rotatable bonds is 11. The number of quaternary nitrogens is 2. The summed E-state index contributed by atoms with van der Waals surface area (Å²) in [5.41, 5.74) is 0.928. The molecule has 5 atom stereocenters. The lowest BCUT2D eigenvalue weighted by atomic mass is 9.96. The van der Waals surface area contributed by atoms with Gasteiger partial charge in [-0.2, -0.15) is 0 Å². The first-order valence-electron chi connectivity index (χ1n) is 14.4. The van der Waals surface area contributed by atoms with Crippen molar-refractivity contribution < 1.29 is 63.7 Å². The molecule has 0 aliphatic carbocycles. The SMILES string of the molecule is CCCCCCCC[N+]12CC[N+](C[C@H]3O[C@H](OC)[C@H](O)[C@@H](O)[C@@H]3O)(CC1)CC2.Cc1ccc(S(=O)(=O)[O-])cc1.[Br-]. The highest BCUT2D eigenvalue weighted by Crippen LogP contribution is 2.31. The molecule has 12 heteroatoms. The number of nitrogens with zero attached hydrogens (tertiary/aromatic N) is 2. The third-order valence-corrected chi connectivity index (χ3v) is 9.76. The molecule has 10 nitrogen and oxygen atoms in total. The van der Waals surface area contributed by atoms with Crippen LogP contribution < -0.4 is 17.0 Å². The Morgan fingerprint density at radius 3 is 1.93 bits per heavy atom. The van der Waals surface area contributed by atoms with Crippen LogP contribution in [0.1, 0.15) is 51.0 Å². The molecule has 0 saturated carbocycles. The first-order valence-corrected chi connectivity index (χ1v) is 15.8. The first kappa shape index (κ1) is 35.5. The molecule has 4 fully saturated rings. The van der Waals surface area contributed by atoms with E-state index < -0.39 is 40.8 Å². The molecule has 0 spiro atoms. The standard InChI is InChI=1S/C21H42N2O5.C7H8O3S.BrH/c1-3-4-5-6-7-8-9-22-10-13-23(14-11-22,15-12-22)16-17-18(24)19(25)20(26)21(27-2)28-17;1-6-2-4-7(5-3-6)11(8,9)10;/h17-21,24-26H,3-16H2,1-2H3;2-5H,1H3,(H,8,9,10);1H/q+2;;/p-2/t17-,18-,19+,20-,21+,22?,23?;;/m1../s1. The third kappa shape index (κ3) is 9.42. The summed E-state index contributed by atoms with van der Waals surface area (Å²) in [4.78, 5) is -0.178. The van der Waals surface area contributed by atoms with Crippen LogP contribution in [0.15, 0.2) is 29.2 Å². The molecule has 0 unspecified atom stereocenters. The minimum Gasteiger partial charge on any atom is -1.00 e. The Morgan fingerprint density at radius 1 is 0.875 bits per heavy atom. The molecule has 4 heterocycles. The molecule has 0 amide bonds. The van der Waals surface area contributed by atoms with Crippen LogP contribution in [-0.2, 0) is 19.6 Å². The van der Waals surface area contributed by atoms with Crippen molar-refractivity contribution in [1.82, 2.24) is 0 Å². The minimum absolute atomic E-state index is 0. The molecule has 40 heavy (non-hydrogen) atoms. The second kappa shape index (κ2) is 15.7. The summed E-state index contributed by atoms with van der Waals surface area (Å²) in [5, 5.41) is 30.6. The fourth-order valence-electron chi connectivity index (χ4n) is 6.13. The van der Waals surface area contributed by atoms with E-state index >= 15 is 0 Å². The lowest BCUT2D eigenvalue weighted by Crippen LogP contribution is -3.00. The number of halogens is 1. The van der Waals surface area contributed by atoms with Gasteiger partial charge in [0.15, 0.2) is 6.29 Å². The lowest BCUT2D eigenvalue weighted by Gasteiger charge is -2.57. The van der Waals surface area contributed by atoms with E-state index in [4.69, 9.17) is 9.47 Å². The van der Waals surface area contributed by atoms with Crippen LogP contribution in [0.2, 0.25) is 0 Å². The van der Waals surface area contributed by atoms with Gasteiger partial charge in [-0.15, -0.1) is 0 Å². The van der Waals surface area contributed by atoms with Crippen molar-refractivity contribution in [3.63, 3.8) is 0 Å². The number of piperazine rings is 3. The Morgan fingerprint density at radius 2 is 1.40 bits per heavy atom. The van der Waals surface area contributed by atoms with Gasteiger partial charge in [0.05, 0.1) is 11.4 Å². The quantitative estimate of drug-likeness (QED) is 0.147. The molecule has 4 saturated heterocycles. The summed E-state index contributed by atoms with van der Waals surface area (Å²) in [5.74, 6) is 0. The molecular formula is C28H49BrN2O8S. The zero-order valence-electron chi connectivity index (χ0n) is 24.2. The Bertz CT molecular complexity index is 970. The van der Waals surface area contributed by atoms with E-state index in [1.54, 1.807) is 12.1 Å². The van der Waals surface area contributed by atoms with E-state index in [0.29, 0.717) is 6.54 Å². The number of fused-ring (bicyclic) bond motifs is 3. The van der Waals surface area contributed by atoms with Gasteiger partial charge in [-0.25, -0.2) is 8.42 Å². The van der Waals surface area contributed by atoms with Crippen molar-refractivity contribution in [2.75, 3.05) is 59.5 Å². The van der Waals surface area contributed by atoms with Gasteiger partial charge in [0.2, 0.25) is 0 Å². The predicted octanol–water partition coefficient (Wildman–Crippen LogP) is -1.64. The number of unbranched alkanes of at least 4 members (excludes halogenated alkanes) is 5. The smallest absolute Gasteiger partial charge is 0.186 e. The first-order chi connectivity index (χ1) is 18.4. The minimum atomic E-state index is -4.27. The maximum absolute atomic E-state index is 10.4. The summed E-state index contributed by atoms with van der Waals surface area (Å²) >= 11 is 0. The third-order valence-electron chi connectivity index (χ3n) is 8.91. The maximum atomic E-state index is 10.4.